The second kappa shape index (κ2) is 7.17. The minimum atomic E-state index is 0.537. The molecular weight excluding hydrogens is 270 g/mol. The zero-order chi connectivity index (χ0) is 14.4. The van der Waals surface area contributed by atoms with Crippen molar-refractivity contribution in [3.63, 3.8) is 0 Å². The third-order valence-electron chi connectivity index (χ3n) is 3.07. The average Bonchev–Trinajstić information content (AvgIpc) is 2.92. The number of aromatic nitrogens is 2. The van der Waals surface area contributed by atoms with E-state index in [0.29, 0.717) is 13.0 Å². The smallest absolute Gasteiger partial charge is 0.146 e. The number of nitrogens with one attached hydrogen (secondary N) is 1. The molecule has 6 heteroatoms. The van der Waals surface area contributed by atoms with Crippen LogP contribution in [0.15, 0.2) is 11.4 Å². The monoisotopic (exact) mass is 289 g/mol. The van der Waals surface area contributed by atoms with Crippen LogP contribution < -0.4 is 5.32 Å². The third-order valence-corrected chi connectivity index (χ3v) is 3.87. The fraction of sp³-hybridized carbons (Fsp3) is 0.500. The zero-order valence-electron chi connectivity index (χ0n) is 11.9. The first-order valence-electron chi connectivity index (χ1n) is 6.85. The Morgan fingerprint density at radius 3 is 2.95 bits per heavy atom. The topological polar surface area (TPSA) is 64.8 Å². The van der Waals surface area contributed by atoms with E-state index in [0.717, 1.165) is 41.5 Å². The number of nitriles is 1. The molecule has 0 aliphatic carbocycles. The van der Waals surface area contributed by atoms with E-state index in [1.165, 1.54) is 0 Å². The molecule has 2 rings (SSSR count). The normalized spacial score (nSPS) is 10.9. The van der Waals surface area contributed by atoms with Crippen molar-refractivity contribution in [2.24, 2.45) is 0 Å². The highest BCUT2D eigenvalue weighted by Gasteiger charge is 2.11. The Morgan fingerprint density at radius 2 is 2.25 bits per heavy atom. The highest BCUT2D eigenvalue weighted by Crippen LogP contribution is 2.25. The molecule has 2 aromatic rings. The SMILES string of the molecule is CCNc1nc(CN(CC)CCC#N)nc2sccc12. The fourth-order valence-corrected chi connectivity index (χ4v) is 2.81. The van der Waals surface area contributed by atoms with E-state index in [1.54, 1.807) is 11.3 Å². The molecule has 2 heterocycles. The lowest BCUT2D eigenvalue weighted by Crippen LogP contribution is -2.25. The summed E-state index contributed by atoms with van der Waals surface area (Å²) in [5.41, 5.74) is 0. The summed E-state index contributed by atoms with van der Waals surface area (Å²) in [6, 6.07) is 4.23. The molecule has 0 spiro atoms. The van der Waals surface area contributed by atoms with Gasteiger partial charge in [0.25, 0.3) is 0 Å². The summed E-state index contributed by atoms with van der Waals surface area (Å²) < 4.78 is 0. The van der Waals surface area contributed by atoms with E-state index in [4.69, 9.17) is 5.26 Å². The Balaban J connectivity index is 2.22. The molecule has 0 unspecified atom stereocenters. The maximum Gasteiger partial charge on any atom is 0.146 e. The minimum absolute atomic E-state index is 0.537. The number of thiophene rings is 1. The van der Waals surface area contributed by atoms with Gasteiger partial charge in [-0.1, -0.05) is 6.92 Å². The fourth-order valence-electron chi connectivity index (χ4n) is 2.03. The van der Waals surface area contributed by atoms with Gasteiger partial charge < -0.3 is 5.32 Å². The van der Waals surface area contributed by atoms with Crippen LogP contribution in [0, 0.1) is 11.3 Å². The van der Waals surface area contributed by atoms with Gasteiger partial charge in [-0.15, -0.1) is 11.3 Å². The zero-order valence-corrected chi connectivity index (χ0v) is 12.7. The predicted octanol–water partition coefficient (Wildman–Crippen LogP) is 2.86. The summed E-state index contributed by atoms with van der Waals surface area (Å²) >= 11 is 1.63. The number of fused-ring (bicyclic) bond motifs is 1. The van der Waals surface area contributed by atoms with Gasteiger partial charge in [-0.05, 0) is 24.9 Å². The molecule has 0 aromatic carbocycles. The van der Waals surface area contributed by atoms with Crippen LogP contribution in [0.5, 0.6) is 0 Å². The van der Waals surface area contributed by atoms with Crippen LogP contribution in [0.1, 0.15) is 26.1 Å². The van der Waals surface area contributed by atoms with Crippen LogP contribution in [0.4, 0.5) is 5.82 Å². The van der Waals surface area contributed by atoms with E-state index < -0.39 is 0 Å². The van der Waals surface area contributed by atoms with Gasteiger partial charge in [0.05, 0.1) is 18.0 Å². The summed E-state index contributed by atoms with van der Waals surface area (Å²) in [5.74, 6) is 1.72. The predicted molar refractivity (Wildman–Crippen MR) is 82.8 cm³/mol. The molecule has 0 aliphatic rings. The van der Waals surface area contributed by atoms with Crippen molar-refractivity contribution in [3.05, 3.63) is 17.3 Å². The minimum Gasteiger partial charge on any atom is -0.370 e. The Hall–Kier alpha value is -1.71. The van der Waals surface area contributed by atoms with Gasteiger partial charge in [-0.3, -0.25) is 4.90 Å². The molecular formula is C14H19N5S. The van der Waals surface area contributed by atoms with Gasteiger partial charge in [0.1, 0.15) is 16.5 Å². The summed E-state index contributed by atoms with van der Waals surface area (Å²) in [6.07, 6.45) is 0.537. The Bertz CT molecular complexity index is 601. The largest absolute Gasteiger partial charge is 0.370 e. The lowest BCUT2D eigenvalue weighted by atomic mass is 10.3. The van der Waals surface area contributed by atoms with Crippen molar-refractivity contribution < 1.29 is 0 Å². The molecule has 106 valence electrons. The van der Waals surface area contributed by atoms with Gasteiger partial charge >= 0.3 is 0 Å². The number of anilines is 1. The average molecular weight is 289 g/mol. The number of hydrogen-bond donors (Lipinski definition) is 1. The van der Waals surface area contributed by atoms with Gasteiger partial charge in [-0.2, -0.15) is 5.26 Å². The van der Waals surface area contributed by atoms with Crippen molar-refractivity contribution in [1.29, 1.82) is 5.26 Å². The molecule has 0 saturated carbocycles. The number of nitrogens with zero attached hydrogens (tertiary/aromatic N) is 4. The van der Waals surface area contributed by atoms with E-state index in [9.17, 15) is 0 Å². The summed E-state index contributed by atoms with van der Waals surface area (Å²) in [7, 11) is 0. The summed E-state index contributed by atoms with van der Waals surface area (Å²) in [6.45, 7) is 7.33. The molecule has 0 amide bonds. The molecule has 5 nitrogen and oxygen atoms in total. The highest BCUT2D eigenvalue weighted by atomic mass is 32.1. The van der Waals surface area contributed by atoms with Crippen molar-refractivity contribution in [3.8, 4) is 6.07 Å². The molecule has 0 saturated heterocycles. The Morgan fingerprint density at radius 1 is 1.40 bits per heavy atom. The van der Waals surface area contributed by atoms with Gasteiger partial charge in [0, 0.05) is 19.5 Å². The van der Waals surface area contributed by atoms with Crippen LogP contribution in [0.3, 0.4) is 0 Å². The third kappa shape index (κ3) is 3.44. The van der Waals surface area contributed by atoms with Crippen molar-refractivity contribution in [1.82, 2.24) is 14.9 Å². The molecule has 0 fully saturated rings. The van der Waals surface area contributed by atoms with Crippen molar-refractivity contribution in [2.75, 3.05) is 25.0 Å². The molecule has 0 bridgehead atoms. The van der Waals surface area contributed by atoms with Crippen molar-refractivity contribution in [2.45, 2.75) is 26.8 Å². The molecule has 0 aliphatic heterocycles. The van der Waals surface area contributed by atoms with Crippen LogP contribution in [0.25, 0.3) is 10.2 Å². The first-order valence-corrected chi connectivity index (χ1v) is 7.73. The van der Waals surface area contributed by atoms with Crippen LogP contribution in [-0.2, 0) is 6.54 Å². The molecule has 0 radical (unpaired) electrons. The van der Waals surface area contributed by atoms with Crippen molar-refractivity contribution >= 4 is 27.4 Å². The van der Waals surface area contributed by atoms with E-state index in [-0.39, 0.29) is 0 Å². The maximum atomic E-state index is 8.69. The molecule has 1 N–H and O–H groups in total. The van der Waals surface area contributed by atoms with Gasteiger partial charge in [0.15, 0.2) is 0 Å². The van der Waals surface area contributed by atoms with E-state index >= 15 is 0 Å². The Labute approximate surface area is 123 Å². The quantitative estimate of drug-likeness (QED) is 0.849. The van der Waals surface area contributed by atoms with Gasteiger partial charge in [-0.25, -0.2) is 9.97 Å². The lowest BCUT2D eigenvalue weighted by molar-refractivity contribution is 0.280. The Kier molecular flexibility index (Phi) is 5.27. The molecule has 0 atom stereocenters. The lowest BCUT2D eigenvalue weighted by Gasteiger charge is -2.18. The second-order valence-corrected chi connectivity index (χ2v) is 5.33. The second-order valence-electron chi connectivity index (χ2n) is 4.44. The first-order chi connectivity index (χ1) is 9.78. The molecule has 20 heavy (non-hydrogen) atoms. The highest BCUT2D eigenvalue weighted by molar-refractivity contribution is 7.16. The van der Waals surface area contributed by atoms with E-state index in [1.807, 2.05) is 5.38 Å². The number of hydrogen-bond acceptors (Lipinski definition) is 6. The van der Waals surface area contributed by atoms with Gasteiger partial charge in [0.2, 0.25) is 0 Å². The summed E-state index contributed by atoms with van der Waals surface area (Å²) in [5, 5.41) is 15.1. The molecule has 2 aromatic heterocycles. The van der Waals surface area contributed by atoms with E-state index in [2.05, 4.69) is 46.2 Å². The number of rotatable bonds is 7. The van der Waals surface area contributed by atoms with Crippen LogP contribution >= 0.6 is 11.3 Å². The summed E-state index contributed by atoms with van der Waals surface area (Å²) in [4.78, 5) is 12.4. The first kappa shape index (κ1) is 14.7. The van der Waals surface area contributed by atoms with Crippen LogP contribution in [-0.4, -0.2) is 34.5 Å². The standard InChI is InChI=1S/C14H19N5S/c1-3-16-13-11-6-9-20-14(11)18-12(17-13)10-19(4-2)8-5-7-15/h6,9H,3-5,8,10H2,1-2H3,(H,16,17,18). The maximum absolute atomic E-state index is 8.69. The van der Waals surface area contributed by atoms with Crippen LogP contribution in [0.2, 0.25) is 0 Å².